The maximum Gasteiger partial charge on any atom is 0.254 e. The van der Waals surface area contributed by atoms with Gasteiger partial charge in [0.05, 0.1) is 5.75 Å². The summed E-state index contributed by atoms with van der Waals surface area (Å²) < 4.78 is 0. The zero-order chi connectivity index (χ0) is 25.8. The van der Waals surface area contributed by atoms with Crippen LogP contribution in [-0.4, -0.2) is 100.0 Å². The first-order chi connectivity index (χ1) is 17.2. The number of aryl methyl sites for hydroxylation is 1. The van der Waals surface area contributed by atoms with Gasteiger partial charge in [-0.1, -0.05) is 41.1 Å². The van der Waals surface area contributed by atoms with Crippen LogP contribution in [0.3, 0.4) is 0 Å². The molecule has 1 aromatic carbocycles. The predicted molar refractivity (Wildman–Crippen MR) is 140 cm³/mol. The van der Waals surface area contributed by atoms with Gasteiger partial charge < -0.3 is 19.6 Å². The molecule has 0 saturated carbocycles. The van der Waals surface area contributed by atoms with E-state index in [1.807, 2.05) is 43.0 Å². The minimum absolute atomic E-state index is 0.00681. The fraction of sp³-hybridized carbons (Fsp3) is 0.480. The predicted octanol–water partition coefficient (Wildman–Crippen LogP) is 2.57. The van der Waals surface area contributed by atoms with Crippen molar-refractivity contribution < 1.29 is 14.4 Å². The lowest BCUT2D eigenvalue weighted by Crippen LogP contribution is -2.54. The Bertz CT molecular complexity index is 1120. The summed E-state index contributed by atoms with van der Waals surface area (Å²) >= 11 is 7.56. The van der Waals surface area contributed by atoms with E-state index in [0.717, 1.165) is 5.56 Å². The summed E-state index contributed by atoms with van der Waals surface area (Å²) in [5.74, 6) is 0.946. The molecule has 1 unspecified atom stereocenters. The van der Waals surface area contributed by atoms with E-state index in [4.69, 9.17) is 11.6 Å². The molecule has 9 nitrogen and oxygen atoms in total. The van der Waals surface area contributed by atoms with Crippen molar-refractivity contribution in [3.63, 3.8) is 0 Å². The van der Waals surface area contributed by atoms with Gasteiger partial charge >= 0.3 is 0 Å². The molecular formula is C25H31ClN6O3S. The molecule has 2 aromatic rings. The maximum atomic E-state index is 13.0. The van der Waals surface area contributed by atoms with E-state index < -0.39 is 0 Å². The van der Waals surface area contributed by atoms with Crippen LogP contribution in [0.5, 0.6) is 0 Å². The van der Waals surface area contributed by atoms with Crippen molar-refractivity contribution in [2.75, 3.05) is 56.5 Å². The second-order valence-corrected chi connectivity index (χ2v) is 10.5. The summed E-state index contributed by atoms with van der Waals surface area (Å²) in [5, 5.41) is 0.759. The Hall–Kier alpha value is -2.85. The molecule has 2 aliphatic heterocycles. The molecule has 3 heterocycles. The number of carbonyl (C=O) groups is 3. The van der Waals surface area contributed by atoms with E-state index in [-0.39, 0.29) is 29.5 Å². The standard InChI is InChI=1S/C25H31ClN6O3S/c1-17-4-6-20(7-5-17)24(35)32-13-12-31(15-18(32)2)22-14-21(26)27-25(28-22)36-16-23(34)30-10-8-29(9-11-30)19(3)33/h4-7,14,18H,8-13,15-16H2,1-3H3. The van der Waals surface area contributed by atoms with Crippen LogP contribution < -0.4 is 4.90 Å². The smallest absolute Gasteiger partial charge is 0.254 e. The number of carbonyl (C=O) groups excluding carboxylic acids is 3. The average Bonchev–Trinajstić information content (AvgIpc) is 2.87. The number of rotatable bonds is 5. The largest absolute Gasteiger partial charge is 0.353 e. The van der Waals surface area contributed by atoms with Crippen molar-refractivity contribution in [3.05, 3.63) is 46.6 Å². The van der Waals surface area contributed by atoms with Crippen LogP contribution in [-0.2, 0) is 9.59 Å². The summed E-state index contributed by atoms with van der Waals surface area (Å²) in [5.41, 5.74) is 1.81. The van der Waals surface area contributed by atoms with Gasteiger partial charge in [0.25, 0.3) is 5.91 Å². The molecule has 2 fully saturated rings. The van der Waals surface area contributed by atoms with Crippen molar-refractivity contribution in [1.29, 1.82) is 0 Å². The van der Waals surface area contributed by atoms with Crippen LogP contribution in [0.1, 0.15) is 29.8 Å². The number of aromatic nitrogens is 2. The highest BCUT2D eigenvalue weighted by Crippen LogP contribution is 2.25. The van der Waals surface area contributed by atoms with Gasteiger partial charge in [-0.15, -0.1) is 0 Å². The quantitative estimate of drug-likeness (QED) is 0.333. The number of nitrogens with zero attached hydrogens (tertiary/aromatic N) is 6. The molecule has 192 valence electrons. The number of piperazine rings is 2. The molecule has 36 heavy (non-hydrogen) atoms. The second-order valence-electron chi connectivity index (χ2n) is 9.17. The lowest BCUT2D eigenvalue weighted by Gasteiger charge is -2.40. The van der Waals surface area contributed by atoms with Gasteiger partial charge in [-0.3, -0.25) is 14.4 Å². The number of amides is 3. The second kappa shape index (κ2) is 11.5. The van der Waals surface area contributed by atoms with Gasteiger partial charge in [0, 0.05) is 70.4 Å². The third-order valence-corrected chi connectivity index (χ3v) is 7.60. The zero-order valence-electron chi connectivity index (χ0n) is 20.8. The van der Waals surface area contributed by atoms with Gasteiger partial charge in [-0.2, -0.15) is 0 Å². The molecule has 0 bridgehead atoms. The normalized spacial score (nSPS) is 18.4. The third kappa shape index (κ3) is 6.28. The highest BCUT2D eigenvalue weighted by atomic mass is 35.5. The van der Waals surface area contributed by atoms with Crippen LogP contribution in [0.25, 0.3) is 0 Å². The first-order valence-corrected chi connectivity index (χ1v) is 13.4. The molecule has 3 amide bonds. The maximum absolute atomic E-state index is 13.0. The molecule has 0 radical (unpaired) electrons. The van der Waals surface area contributed by atoms with Gasteiger partial charge in [0.2, 0.25) is 11.8 Å². The van der Waals surface area contributed by atoms with Gasteiger partial charge in [-0.25, -0.2) is 9.97 Å². The Morgan fingerprint density at radius 2 is 1.67 bits per heavy atom. The first-order valence-electron chi connectivity index (χ1n) is 12.0. The SMILES string of the molecule is CC(=O)N1CCN(C(=O)CSc2nc(Cl)cc(N3CCN(C(=O)c4ccc(C)cc4)C(C)C3)n2)CC1. The van der Waals surface area contributed by atoms with Crippen molar-refractivity contribution in [1.82, 2.24) is 24.7 Å². The number of hydrogen-bond donors (Lipinski definition) is 0. The Kier molecular flexibility index (Phi) is 8.35. The number of hydrogen-bond acceptors (Lipinski definition) is 7. The van der Waals surface area contributed by atoms with Crippen molar-refractivity contribution in [3.8, 4) is 0 Å². The number of thioether (sulfide) groups is 1. The molecule has 2 aliphatic rings. The van der Waals surface area contributed by atoms with Crippen molar-refractivity contribution in [2.45, 2.75) is 32.0 Å². The first kappa shape index (κ1) is 26.2. The summed E-state index contributed by atoms with van der Waals surface area (Å²) in [6.45, 7) is 9.57. The summed E-state index contributed by atoms with van der Waals surface area (Å²) in [4.78, 5) is 53.6. The molecule has 0 aliphatic carbocycles. The Labute approximate surface area is 220 Å². The van der Waals surface area contributed by atoms with Crippen LogP contribution in [0.4, 0.5) is 5.82 Å². The lowest BCUT2D eigenvalue weighted by molar-refractivity contribution is -0.136. The average molecular weight is 531 g/mol. The Balaban J connectivity index is 1.34. The molecule has 1 aromatic heterocycles. The molecule has 0 N–H and O–H groups in total. The zero-order valence-corrected chi connectivity index (χ0v) is 22.4. The summed E-state index contributed by atoms with van der Waals surface area (Å²) in [7, 11) is 0. The minimum Gasteiger partial charge on any atom is -0.353 e. The van der Waals surface area contributed by atoms with E-state index in [9.17, 15) is 14.4 Å². The molecule has 11 heteroatoms. The van der Waals surface area contributed by atoms with Gasteiger partial charge in [-0.05, 0) is 26.0 Å². The van der Waals surface area contributed by atoms with Crippen LogP contribution in [0.15, 0.2) is 35.5 Å². The van der Waals surface area contributed by atoms with Crippen LogP contribution in [0.2, 0.25) is 5.15 Å². The Morgan fingerprint density at radius 1 is 1.00 bits per heavy atom. The number of benzene rings is 1. The van der Waals surface area contributed by atoms with E-state index in [1.165, 1.54) is 11.8 Å². The van der Waals surface area contributed by atoms with E-state index >= 15 is 0 Å². The van der Waals surface area contributed by atoms with Crippen LogP contribution in [0, 0.1) is 6.92 Å². The highest BCUT2D eigenvalue weighted by molar-refractivity contribution is 7.99. The summed E-state index contributed by atoms with van der Waals surface area (Å²) in [6.07, 6.45) is 0. The number of halogens is 1. The summed E-state index contributed by atoms with van der Waals surface area (Å²) in [6, 6.07) is 9.36. The highest BCUT2D eigenvalue weighted by Gasteiger charge is 2.29. The van der Waals surface area contributed by atoms with E-state index in [0.29, 0.717) is 67.5 Å². The Morgan fingerprint density at radius 3 is 2.31 bits per heavy atom. The molecule has 2 saturated heterocycles. The molecule has 0 spiro atoms. The van der Waals surface area contributed by atoms with Crippen molar-refractivity contribution >= 4 is 46.9 Å². The lowest BCUT2D eigenvalue weighted by atomic mass is 10.1. The molecular weight excluding hydrogens is 500 g/mol. The van der Waals surface area contributed by atoms with Gasteiger partial charge in [0.1, 0.15) is 11.0 Å². The van der Waals surface area contributed by atoms with E-state index in [1.54, 1.807) is 22.8 Å². The fourth-order valence-corrected chi connectivity index (χ4v) is 5.41. The van der Waals surface area contributed by atoms with Crippen molar-refractivity contribution in [2.24, 2.45) is 0 Å². The minimum atomic E-state index is -0.00909. The van der Waals surface area contributed by atoms with E-state index in [2.05, 4.69) is 14.9 Å². The van der Waals surface area contributed by atoms with Gasteiger partial charge in [0.15, 0.2) is 5.16 Å². The topological polar surface area (TPSA) is 90.0 Å². The third-order valence-electron chi connectivity index (χ3n) is 6.57. The fourth-order valence-electron chi connectivity index (χ4n) is 4.43. The molecule has 1 atom stereocenters. The number of anilines is 1. The molecule has 4 rings (SSSR count). The van der Waals surface area contributed by atoms with Crippen LogP contribution >= 0.6 is 23.4 Å². The monoisotopic (exact) mass is 530 g/mol.